The number of aromatic nitrogens is 4. The minimum absolute atomic E-state index is 0. The number of carbonyl (C=O) groups is 1. The molecule has 2 fully saturated rings. The first-order valence-corrected chi connectivity index (χ1v) is 21.3. The van der Waals surface area contributed by atoms with Crippen molar-refractivity contribution in [3.8, 4) is 22.5 Å². The van der Waals surface area contributed by atoms with Gasteiger partial charge < -0.3 is 15.3 Å². The van der Waals surface area contributed by atoms with Crippen LogP contribution in [0.5, 0.6) is 0 Å². The molecule has 0 radical (unpaired) electrons. The fraction of sp³-hybridized carbons (Fsp3) is 0.486. The molecule has 21 heteroatoms. The van der Waals surface area contributed by atoms with Gasteiger partial charge in [0.2, 0.25) is 11.9 Å². The Labute approximate surface area is 342 Å². The molecule has 6 heterocycles. The number of hydrogen-bond donors (Lipinski definition) is 2. The number of carboxylic acid groups (broad SMARTS) is 1. The highest BCUT2D eigenvalue weighted by Gasteiger charge is 2.34. The molecule has 6 rings (SSSR count). The van der Waals surface area contributed by atoms with Crippen LogP contribution >= 0.6 is 12.4 Å². The zero-order valence-electron chi connectivity index (χ0n) is 32.7. The Hall–Kier alpha value is -4.08. The van der Waals surface area contributed by atoms with Gasteiger partial charge in [0.25, 0.3) is 0 Å². The molecule has 4 aromatic rings. The predicted octanol–water partition coefficient (Wildman–Crippen LogP) is 6.48. The second-order valence-corrected chi connectivity index (χ2v) is 18.7. The number of hydrogen-bond acceptors (Lipinski definition) is 8. The molecule has 0 atom stereocenters. The lowest BCUT2D eigenvalue weighted by atomic mass is 9.96. The number of halogens is 5. The first-order valence-electron chi connectivity index (χ1n) is 18.5. The number of rotatable bonds is 11. The zero-order valence-corrected chi connectivity index (χ0v) is 35.1. The van der Waals surface area contributed by atoms with Crippen LogP contribution in [-0.4, -0.2) is 99.2 Å². The summed E-state index contributed by atoms with van der Waals surface area (Å²) in [6.45, 7) is 6.65. The summed E-state index contributed by atoms with van der Waals surface area (Å²) in [5.74, 6) is -3.68. The van der Waals surface area contributed by atoms with Crippen molar-refractivity contribution in [2.75, 3.05) is 39.8 Å². The number of nitrogens with zero attached hydrogens (tertiary/aromatic N) is 7. The van der Waals surface area contributed by atoms with Crippen LogP contribution in [0.2, 0.25) is 0 Å². The standard InChI is InChI=1S/C21H28F2N4O4S.C16H20F2N4O2S.ClH/c1-21(2,3)14-25(20(28)29)12-15-13-27(32(30,31)26-10-5-4-6-11-26)18(17(15)22)16-8-7-9-24-19(16)23;1-19-10-12-11-22(25(23,24)21-8-3-2-4-9-21)15(14(12)17)13-6-5-7-20-16(13)18;/h7-9,13H,4-6,10-12,14H2,1-3H3,(H,28,29);5-7,11,19H,2-4,8-10H2,1H3;1H. The monoisotopic (exact) mass is 876 g/mol. The number of pyridine rings is 2. The van der Waals surface area contributed by atoms with Gasteiger partial charge in [-0.25, -0.2) is 31.5 Å². The summed E-state index contributed by atoms with van der Waals surface area (Å²) in [5, 5.41) is 12.4. The lowest BCUT2D eigenvalue weighted by molar-refractivity contribution is 0.122. The van der Waals surface area contributed by atoms with Crippen molar-refractivity contribution in [1.82, 2.24) is 36.7 Å². The summed E-state index contributed by atoms with van der Waals surface area (Å²) in [5.41, 5.74) is -1.71. The first kappa shape index (κ1) is 46.6. The van der Waals surface area contributed by atoms with Gasteiger partial charge in [-0.15, -0.1) is 12.4 Å². The average molecular weight is 877 g/mol. The molecule has 14 nitrogen and oxygen atoms in total. The highest BCUT2D eigenvalue weighted by atomic mass is 35.5. The fourth-order valence-electron chi connectivity index (χ4n) is 6.82. The quantitative estimate of drug-likeness (QED) is 0.127. The van der Waals surface area contributed by atoms with E-state index in [1.165, 1.54) is 51.5 Å². The molecule has 0 aromatic carbocycles. The maximum atomic E-state index is 15.6. The van der Waals surface area contributed by atoms with Gasteiger partial charge in [-0.3, -0.25) is 0 Å². The minimum atomic E-state index is -4.20. The average Bonchev–Trinajstić information content (AvgIpc) is 3.68. The molecule has 0 spiro atoms. The van der Waals surface area contributed by atoms with Gasteiger partial charge in [-0.05, 0) is 62.4 Å². The second kappa shape index (κ2) is 19.3. The van der Waals surface area contributed by atoms with E-state index in [2.05, 4.69) is 15.3 Å². The Balaban J connectivity index is 0.000000259. The molecule has 0 unspecified atom stereocenters. The Morgan fingerprint density at radius 2 is 1.17 bits per heavy atom. The molecule has 2 saturated heterocycles. The van der Waals surface area contributed by atoms with Gasteiger partial charge in [-0.1, -0.05) is 33.6 Å². The summed E-state index contributed by atoms with van der Waals surface area (Å²) < 4.78 is 116. The van der Waals surface area contributed by atoms with Crippen molar-refractivity contribution in [2.24, 2.45) is 5.41 Å². The van der Waals surface area contributed by atoms with Gasteiger partial charge in [0, 0.05) is 75.2 Å². The Bertz CT molecular complexity index is 2270. The molecule has 0 bridgehead atoms. The van der Waals surface area contributed by atoms with Crippen LogP contribution in [0.4, 0.5) is 22.4 Å². The number of amides is 1. The molecule has 320 valence electrons. The molecular formula is C37H49ClF4N8O6S2. The Morgan fingerprint density at radius 1 is 0.759 bits per heavy atom. The SMILES string of the molecule is CC(C)(C)CN(Cc1cn(S(=O)(=O)N2CCCCC2)c(-c2cccnc2F)c1F)C(=O)O.CNCc1cn(S(=O)(=O)N2CCCCC2)c(-c2cccnc2F)c1F.Cl. The van der Waals surface area contributed by atoms with Gasteiger partial charge >= 0.3 is 26.5 Å². The molecule has 2 aliphatic rings. The molecule has 1 amide bonds. The van der Waals surface area contributed by atoms with Gasteiger partial charge in [0.15, 0.2) is 11.6 Å². The minimum Gasteiger partial charge on any atom is -0.465 e. The van der Waals surface area contributed by atoms with E-state index >= 15 is 4.39 Å². The maximum absolute atomic E-state index is 15.6. The largest absolute Gasteiger partial charge is 0.465 e. The third-order valence-corrected chi connectivity index (χ3v) is 13.0. The lowest BCUT2D eigenvalue weighted by Gasteiger charge is -2.27. The third-order valence-electron chi connectivity index (χ3n) is 9.44. The van der Waals surface area contributed by atoms with E-state index in [0.29, 0.717) is 25.9 Å². The molecule has 2 N–H and O–H groups in total. The normalized spacial score (nSPS) is 15.7. The summed E-state index contributed by atoms with van der Waals surface area (Å²) in [7, 11) is -6.57. The molecule has 0 saturated carbocycles. The van der Waals surface area contributed by atoms with Crippen molar-refractivity contribution in [3.63, 3.8) is 0 Å². The van der Waals surface area contributed by atoms with Crippen LogP contribution in [0, 0.1) is 28.9 Å². The molecule has 4 aromatic heterocycles. The summed E-state index contributed by atoms with van der Waals surface area (Å²) in [6, 6.07) is 5.40. The van der Waals surface area contributed by atoms with E-state index in [1.807, 2.05) is 20.8 Å². The van der Waals surface area contributed by atoms with Crippen LogP contribution in [-0.2, 0) is 33.5 Å². The van der Waals surface area contributed by atoms with Crippen molar-refractivity contribution in [3.05, 3.63) is 83.7 Å². The van der Waals surface area contributed by atoms with Gasteiger partial charge in [0.05, 0.1) is 17.7 Å². The summed E-state index contributed by atoms with van der Waals surface area (Å²) in [4.78, 5) is 19.8. The van der Waals surface area contributed by atoms with E-state index in [1.54, 1.807) is 7.05 Å². The van der Waals surface area contributed by atoms with E-state index < -0.39 is 61.2 Å². The van der Waals surface area contributed by atoms with Crippen LogP contribution < -0.4 is 5.32 Å². The van der Waals surface area contributed by atoms with E-state index in [9.17, 15) is 39.9 Å². The van der Waals surface area contributed by atoms with E-state index in [0.717, 1.165) is 44.7 Å². The van der Waals surface area contributed by atoms with Crippen LogP contribution in [0.15, 0.2) is 49.1 Å². The van der Waals surface area contributed by atoms with Crippen LogP contribution in [0.1, 0.15) is 70.4 Å². The molecule has 58 heavy (non-hydrogen) atoms. The summed E-state index contributed by atoms with van der Waals surface area (Å²) >= 11 is 0. The zero-order chi connectivity index (χ0) is 41.7. The maximum Gasteiger partial charge on any atom is 0.407 e. The van der Waals surface area contributed by atoms with Gasteiger partial charge in [-0.2, -0.15) is 34.2 Å². The van der Waals surface area contributed by atoms with Crippen molar-refractivity contribution >= 4 is 38.9 Å². The summed E-state index contributed by atoms with van der Waals surface area (Å²) in [6.07, 6.45) is 8.12. The third kappa shape index (κ3) is 10.4. The first-order chi connectivity index (χ1) is 26.9. The molecule has 2 aliphatic heterocycles. The van der Waals surface area contributed by atoms with Crippen LogP contribution in [0.25, 0.3) is 22.5 Å². The molecular weight excluding hydrogens is 828 g/mol. The lowest BCUT2D eigenvalue weighted by Crippen LogP contribution is -2.39. The topological polar surface area (TPSA) is 163 Å². The Kier molecular flexibility index (Phi) is 15.5. The van der Waals surface area contributed by atoms with Crippen LogP contribution in [0.3, 0.4) is 0 Å². The van der Waals surface area contributed by atoms with Crippen molar-refractivity contribution in [1.29, 1.82) is 0 Å². The smallest absolute Gasteiger partial charge is 0.407 e. The second-order valence-electron chi connectivity index (χ2n) is 15.1. The number of piperidine rings is 2. The predicted molar refractivity (Wildman–Crippen MR) is 213 cm³/mol. The van der Waals surface area contributed by atoms with E-state index in [-0.39, 0.29) is 73.1 Å². The fourth-order valence-corrected chi connectivity index (χ4v) is 10.1. The van der Waals surface area contributed by atoms with Crippen molar-refractivity contribution < 1.29 is 44.3 Å². The highest BCUT2D eigenvalue weighted by molar-refractivity contribution is 7.88. The van der Waals surface area contributed by atoms with E-state index in [4.69, 9.17) is 0 Å². The van der Waals surface area contributed by atoms with Crippen molar-refractivity contribution in [2.45, 2.75) is 72.4 Å². The number of nitrogens with one attached hydrogen (secondary N) is 1. The molecule has 0 aliphatic carbocycles. The Morgan fingerprint density at radius 3 is 1.55 bits per heavy atom. The van der Waals surface area contributed by atoms with Gasteiger partial charge in [0.1, 0.15) is 11.4 Å². The highest BCUT2D eigenvalue weighted by Crippen LogP contribution is 2.34.